The minimum atomic E-state index is -1.42. The van der Waals surface area contributed by atoms with Crippen LogP contribution in [0.15, 0.2) is 48.5 Å². The van der Waals surface area contributed by atoms with E-state index in [4.69, 9.17) is 9.84 Å². The van der Waals surface area contributed by atoms with E-state index in [1.807, 2.05) is 18.2 Å². The summed E-state index contributed by atoms with van der Waals surface area (Å²) < 4.78 is 32.4. The van der Waals surface area contributed by atoms with Gasteiger partial charge in [0, 0.05) is 12.1 Å². The van der Waals surface area contributed by atoms with Crippen LogP contribution in [0.3, 0.4) is 0 Å². The molecule has 7 heteroatoms. The summed E-state index contributed by atoms with van der Waals surface area (Å²) in [6.07, 6.45) is 1.77. The zero-order chi connectivity index (χ0) is 18.2. The Hall–Kier alpha value is -3.22. The molecule has 0 atom stereocenters. The van der Waals surface area contributed by atoms with Crippen molar-refractivity contribution in [3.8, 4) is 0 Å². The highest BCUT2D eigenvalue weighted by molar-refractivity contribution is 5.88. The predicted molar refractivity (Wildman–Crippen MR) is 87.0 cm³/mol. The number of halogens is 2. The lowest BCUT2D eigenvalue weighted by Gasteiger charge is -2.05. The lowest BCUT2D eigenvalue weighted by Crippen LogP contribution is -2.24. The van der Waals surface area contributed by atoms with Crippen LogP contribution in [0.25, 0.3) is 6.08 Å². The van der Waals surface area contributed by atoms with Gasteiger partial charge in [-0.05, 0) is 17.7 Å². The van der Waals surface area contributed by atoms with E-state index in [1.165, 1.54) is 6.08 Å². The Balaban J connectivity index is 1.85. The van der Waals surface area contributed by atoms with E-state index in [0.29, 0.717) is 0 Å². The van der Waals surface area contributed by atoms with Gasteiger partial charge in [0.2, 0.25) is 0 Å². The van der Waals surface area contributed by atoms with Gasteiger partial charge in [0.1, 0.15) is 18.2 Å². The Morgan fingerprint density at radius 2 is 1.76 bits per heavy atom. The molecule has 5 nitrogen and oxygen atoms in total. The molecule has 0 saturated heterocycles. The number of hydrogen-bond donors (Lipinski definition) is 2. The van der Waals surface area contributed by atoms with Gasteiger partial charge in [-0.25, -0.2) is 18.4 Å². The van der Waals surface area contributed by atoms with Crippen molar-refractivity contribution in [1.82, 2.24) is 5.32 Å². The number of benzene rings is 2. The third kappa shape index (κ3) is 5.42. The molecule has 0 aliphatic heterocycles. The van der Waals surface area contributed by atoms with Crippen molar-refractivity contribution in [1.29, 1.82) is 0 Å². The fourth-order valence-electron chi connectivity index (χ4n) is 1.96. The van der Waals surface area contributed by atoms with Crippen molar-refractivity contribution in [3.05, 3.63) is 76.9 Å². The van der Waals surface area contributed by atoms with Gasteiger partial charge < -0.3 is 15.2 Å². The standard InChI is InChI=1S/C18H15F2NO4/c19-15-9-13(17(22)23)10-16(20)14(15)7-4-8-21-18(24)25-11-12-5-2-1-3-6-12/h1-7,9-10H,8,11H2,(H,21,24)(H,22,23). The molecule has 0 aromatic heterocycles. The largest absolute Gasteiger partial charge is 0.478 e. The maximum atomic E-state index is 13.7. The molecule has 0 aliphatic carbocycles. The first kappa shape index (κ1) is 18.1. The molecule has 130 valence electrons. The quantitative estimate of drug-likeness (QED) is 0.837. The van der Waals surface area contributed by atoms with Gasteiger partial charge >= 0.3 is 12.1 Å². The molecular weight excluding hydrogens is 332 g/mol. The average Bonchev–Trinajstić information content (AvgIpc) is 2.59. The van der Waals surface area contributed by atoms with Gasteiger partial charge in [0.15, 0.2) is 0 Å². The number of aromatic carboxylic acids is 1. The first-order valence-corrected chi connectivity index (χ1v) is 7.31. The van der Waals surface area contributed by atoms with Crippen LogP contribution in [0.4, 0.5) is 13.6 Å². The van der Waals surface area contributed by atoms with Crippen molar-refractivity contribution in [3.63, 3.8) is 0 Å². The number of amides is 1. The number of carboxylic acids is 1. The van der Waals surface area contributed by atoms with Crippen molar-refractivity contribution in [2.24, 2.45) is 0 Å². The summed E-state index contributed by atoms with van der Waals surface area (Å²) in [6, 6.07) is 10.5. The molecule has 0 bridgehead atoms. The monoisotopic (exact) mass is 347 g/mol. The van der Waals surface area contributed by atoms with Crippen molar-refractivity contribution in [2.75, 3.05) is 6.54 Å². The van der Waals surface area contributed by atoms with Gasteiger partial charge in [-0.1, -0.05) is 42.5 Å². The van der Waals surface area contributed by atoms with Crippen LogP contribution in [-0.2, 0) is 11.3 Å². The minimum Gasteiger partial charge on any atom is -0.478 e. The second kappa shape index (κ2) is 8.58. The number of hydrogen-bond acceptors (Lipinski definition) is 3. The molecule has 0 radical (unpaired) electrons. The highest BCUT2D eigenvalue weighted by atomic mass is 19.1. The van der Waals surface area contributed by atoms with Gasteiger partial charge in [0.05, 0.1) is 5.56 Å². The molecule has 2 rings (SSSR count). The number of ether oxygens (including phenoxy) is 1. The molecule has 0 fully saturated rings. The number of rotatable bonds is 6. The molecule has 0 aliphatic rings. The van der Waals surface area contributed by atoms with E-state index in [1.54, 1.807) is 12.1 Å². The zero-order valence-electron chi connectivity index (χ0n) is 13.0. The molecule has 1 amide bonds. The third-order valence-electron chi connectivity index (χ3n) is 3.19. The Morgan fingerprint density at radius 1 is 1.12 bits per heavy atom. The van der Waals surface area contributed by atoms with Crippen LogP contribution in [-0.4, -0.2) is 23.7 Å². The molecule has 0 saturated carbocycles. The van der Waals surface area contributed by atoms with E-state index >= 15 is 0 Å². The zero-order valence-corrected chi connectivity index (χ0v) is 13.0. The van der Waals surface area contributed by atoms with Crippen molar-refractivity contribution in [2.45, 2.75) is 6.61 Å². The summed E-state index contributed by atoms with van der Waals surface area (Å²) in [6.45, 7) is 0.101. The first-order valence-electron chi connectivity index (χ1n) is 7.31. The normalized spacial score (nSPS) is 10.6. The van der Waals surface area contributed by atoms with Gasteiger partial charge in [-0.2, -0.15) is 0 Å². The summed E-state index contributed by atoms with van der Waals surface area (Å²) in [5.41, 5.74) is -0.0323. The fraction of sp³-hybridized carbons (Fsp3) is 0.111. The summed E-state index contributed by atoms with van der Waals surface area (Å²) in [4.78, 5) is 22.2. The van der Waals surface area contributed by atoms with Crippen LogP contribution in [0, 0.1) is 11.6 Å². The Labute approximate surface area is 142 Å². The summed E-state index contributed by atoms with van der Waals surface area (Å²) in [5, 5.41) is 11.1. The van der Waals surface area contributed by atoms with Gasteiger partial charge in [0.25, 0.3) is 0 Å². The molecule has 2 N–H and O–H groups in total. The predicted octanol–water partition coefficient (Wildman–Crippen LogP) is 3.60. The van der Waals surface area contributed by atoms with Crippen molar-refractivity contribution < 1.29 is 28.2 Å². The second-order valence-corrected chi connectivity index (χ2v) is 5.00. The van der Waals surface area contributed by atoms with Crippen LogP contribution < -0.4 is 5.32 Å². The number of carbonyl (C=O) groups excluding carboxylic acids is 1. The number of nitrogens with one attached hydrogen (secondary N) is 1. The van der Waals surface area contributed by atoms with E-state index < -0.39 is 29.3 Å². The van der Waals surface area contributed by atoms with E-state index in [2.05, 4.69) is 5.32 Å². The van der Waals surface area contributed by atoms with Crippen LogP contribution >= 0.6 is 0 Å². The smallest absolute Gasteiger partial charge is 0.407 e. The summed E-state index contributed by atoms with van der Waals surface area (Å²) in [5.74, 6) is -3.42. The van der Waals surface area contributed by atoms with Crippen LogP contribution in [0.5, 0.6) is 0 Å². The molecule has 25 heavy (non-hydrogen) atoms. The van der Waals surface area contributed by atoms with Gasteiger partial charge in [-0.3, -0.25) is 0 Å². The molecule has 2 aromatic carbocycles. The Morgan fingerprint density at radius 3 is 2.36 bits per heavy atom. The SMILES string of the molecule is O=C(NCC=Cc1c(F)cc(C(=O)O)cc1F)OCc1ccccc1. The van der Waals surface area contributed by atoms with Gasteiger partial charge in [-0.15, -0.1) is 0 Å². The Bertz CT molecular complexity index is 768. The molecular formula is C18H15F2NO4. The molecule has 0 heterocycles. The summed E-state index contributed by atoms with van der Waals surface area (Å²) >= 11 is 0. The maximum absolute atomic E-state index is 13.7. The average molecular weight is 347 g/mol. The van der Waals surface area contributed by atoms with E-state index in [0.717, 1.165) is 23.8 Å². The third-order valence-corrected chi connectivity index (χ3v) is 3.19. The maximum Gasteiger partial charge on any atom is 0.407 e. The van der Waals surface area contributed by atoms with Crippen molar-refractivity contribution >= 4 is 18.1 Å². The number of alkyl carbamates (subject to hydrolysis) is 1. The lowest BCUT2D eigenvalue weighted by molar-refractivity contribution is 0.0695. The van der Waals surface area contributed by atoms with Crippen LogP contribution in [0.2, 0.25) is 0 Å². The lowest BCUT2D eigenvalue weighted by atomic mass is 10.1. The molecule has 0 unspecified atom stereocenters. The van der Waals surface area contributed by atoms with Crippen LogP contribution in [0.1, 0.15) is 21.5 Å². The molecule has 2 aromatic rings. The molecule has 0 spiro atoms. The second-order valence-electron chi connectivity index (χ2n) is 5.00. The number of carboxylic acid groups (broad SMARTS) is 1. The van der Waals surface area contributed by atoms with E-state index in [-0.39, 0.29) is 18.7 Å². The Kier molecular flexibility index (Phi) is 6.22. The van der Waals surface area contributed by atoms with E-state index in [9.17, 15) is 18.4 Å². The summed E-state index contributed by atoms with van der Waals surface area (Å²) in [7, 11) is 0. The highest BCUT2D eigenvalue weighted by Crippen LogP contribution is 2.17. The first-order chi connectivity index (χ1) is 12.0. The topological polar surface area (TPSA) is 75.6 Å². The minimum absolute atomic E-state index is 0.00676. The number of carbonyl (C=O) groups is 2. The fourth-order valence-corrected chi connectivity index (χ4v) is 1.96. The highest BCUT2D eigenvalue weighted by Gasteiger charge is 2.12.